The van der Waals surface area contributed by atoms with E-state index in [9.17, 15) is 0 Å². The first-order chi connectivity index (χ1) is 8.83. The number of nitrogens with zero attached hydrogens (tertiary/aromatic N) is 2. The smallest absolute Gasteiger partial charge is 0.132 e. The van der Waals surface area contributed by atoms with Crippen molar-refractivity contribution in [2.24, 2.45) is 0 Å². The second kappa shape index (κ2) is 6.21. The topological polar surface area (TPSA) is 35.0 Å². The van der Waals surface area contributed by atoms with Crippen molar-refractivity contribution < 1.29 is 4.74 Å². The zero-order chi connectivity index (χ0) is 12.8. The number of thioether (sulfide) groups is 1. The lowest BCUT2D eigenvalue weighted by Gasteiger charge is -2.06. The molecule has 1 aromatic carbocycles. The number of methoxy groups -OCH3 is 1. The summed E-state index contributed by atoms with van der Waals surface area (Å²) in [4.78, 5) is 9.16. The van der Waals surface area contributed by atoms with Crippen LogP contribution >= 0.6 is 11.8 Å². The summed E-state index contributed by atoms with van der Waals surface area (Å²) in [5.74, 6) is 0.896. The minimum Gasteiger partial charge on any atom is -0.496 e. The molecule has 0 atom stereocenters. The van der Waals surface area contributed by atoms with Gasteiger partial charge in [0.2, 0.25) is 0 Å². The number of hydrogen-bond acceptors (Lipinski definition) is 4. The molecule has 0 unspecified atom stereocenters. The first-order valence-electron chi connectivity index (χ1n) is 5.49. The third-order valence-corrected chi connectivity index (χ3v) is 3.24. The average Bonchev–Trinajstić information content (AvgIpc) is 2.45. The highest BCUT2D eigenvalue weighted by molar-refractivity contribution is 7.98. The molecular weight excluding hydrogens is 244 g/mol. The lowest BCUT2D eigenvalue weighted by Crippen LogP contribution is -1.86. The third kappa shape index (κ3) is 3.11. The number of ether oxygens (including phenoxy) is 1. The van der Waals surface area contributed by atoms with Gasteiger partial charge in [-0.05, 0) is 36.1 Å². The van der Waals surface area contributed by atoms with Crippen molar-refractivity contribution in [2.45, 2.75) is 4.90 Å². The van der Waals surface area contributed by atoms with Crippen LogP contribution in [0.3, 0.4) is 0 Å². The van der Waals surface area contributed by atoms with Crippen LogP contribution in [0.25, 0.3) is 12.2 Å². The van der Waals surface area contributed by atoms with Gasteiger partial charge in [-0.25, -0.2) is 9.97 Å². The van der Waals surface area contributed by atoms with Crippen LogP contribution in [0.4, 0.5) is 0 Å². The van der Waals surface area contributed by atoms with Crippen LogP contribution < -0.4 is 4.74 Å². The molecule has 92 valence electrons. The van der Waals surface area contributed by atoms with Gasteiger partial charge in [-0.15, -0.1) is 11.8 Å². The number of hydrogen-bond donors (Lipinski definition) is 0. The maximum Gasteiger partial charge on any atom is 0.132 e. The molecule has 0 saturated heterocycles. The largest absolute Gasteiger partial charge is 0.496 e. The molecule has 4 heteroatoms. The summed E-state index contributed by atoms with van der Waals surface area (Å²) in [6.07, 6.45) is 9.26. The number of rotatable bonds is 4. The fourth-order valence-electron chi connectivity index (χ4n) is 1.54. The highest BCUT2D eigenvalue weighted by Gasteiger charge is 2.01. The Morgan fingerprint density at radius 2 is 2.11 bits per heavy atom. The molecule has 1 aromatic heterocycles. The summed E-state index contributed by atoms with van der Waals surface area (Å²) in [6, 6.07) is 8.00. The van der Waals surface area contributed by atoms with Gasteiger partial charge >= 0.3 is 0 Å². The van der Waals surface area contributed by atoms with Crippen molar-refractivity contribution in [3.8, 4) is 5.75 Å². The van der Waals surface area contributed by atoms with Gasteiger partial charge in [0.25, 0.3) is 0 Å². The number of benzene rings is 1. The molecule has 2 rings (SSSR count). The molecule has 0 aliphatic heterocycles. The second-order valence-electron chi connectivity index (χ2n) is 3.58. The molecule has 0 aliphatic carbocycles. The SMILES string of the molecule is COc1cc(/C=C/c2ccncn2)ccc1SC. The van der Waals surface area contributed by atoms with Crippen LogP contribution in [0.15, 0.2) is 41.7 Å². The molecule has 0 bridgehead atoms. The Morgan fingerprint density at radius 3 is 2.78 bits per heavy atom. The predicted molar refractivity (Wildman–Crippen MR) is 75.7 cm³/mol. The normalized spacial score (nSPS) is 10.8. The lowest BCUT2D eigenvalue weighted by atomic mass is 10.2. The van der Waals surface area contributed by atoms with E-state index in [1.165, 1.54) is 6.33 Å². The first-order valence-corrected chi connectivity index (χ1v) is 6.72. The van der Waals surface area contributed by atoms with E-state index in [1.807, 2.05) is 30.5 Å². The van der Waals surface area contributed by atoms with Crippen molar-refractivity contribution in [1.82, 2.24) is 9.97 Å². The average molecular weight is 258 g/mol. The Balaban J connectivity index is 2.22. The van der Waals surface area contributed by atoms with Crippen LogP contribution in [0.2, 0.25) is 0 Å². The van der Waals surface area contributed by atoms with E-state index < -0.39 is 0 Å². The lowest BCUT2D eigenvalue weighted by molar-refractivity contribution is 0.405. The van der Waals surface area contributed by atoms with Crippen LogP contribution in [-0.2, 0) is 0 Å². The second-order valence-corrected chi connectivity index (χ2v) is 4.43. The minimum atomic E-state index is 0.887. The minimum absolute atomic E-state index is 0.887. The quantitative estimate of drug-likeness (QED) is 0.787. The van der Waals surface area contributed by atoms with Gasteiger partial charge in [0, 0.05) is 11.1 Å². The Labute approximate surface area is 111 Å². The van der Waals surface area contributed by atoms with Crippen LogP contribution in [-0.4, -0.2) is 23.3 Å². The molecule has 0 aliphatic rings. The van der Waals surface area contributed by atoms with Crippen molar-refractivity contribution >= 4 is 23.9 Å². The van der Waals surface area contributed by atoms with Gasteiger partial charge in [0.05, 0.1) is 12.8 Å². The maximum atomic E-state index is 5.35. The molecular formula is C14H14N2OS. The highest BCUT2D eigenvalue weighted by atomic mass is 32.2. The molecule has 0 spiro atoms. The molecule has 0 fully saturated rings. The van der Waals surface area contributed by atoms with E-state index in [-0.39, 0.29) is 0 Å². The van der Waals surface area contributed by atoms with E-state index >= 15 is 0 Å². The van der Waals surface area contributed by atoms with Gasteiger partial charge < -0.3 is 4.74 Å². The van der Waals surface area contributed by atoms with Crippen molar-refractivity contribution in [2.75, 3.05) is 13.4 Å². The van der Waals surface area contributed by atoms with Gasteiger partial charge in [-0.2, -0.15) is 0 Å². The Hall–Kier alpha value is -1.81. The fourth-order valence-corrected chi connectivity index (χ4v) is 2.09. The monoisotopic (exact) mass is 258 g/mol. The van der Waals surface area contributed by atoms with Crippen molar-refractivity contribution in [1.29, 1.82) is 0 Å². The zero-order valence-electron chi connectivity index (χ0n) is 10.3. The third-order valence-electron chi connectivity index (χ3n) is 2.46. The van der Waals surface area contributed by atoms with E-state index in [4.69, 9.17) is 4.74 Å². The Bertz CT molecular complexity index is 541. The maximum absolute atomic E-state index is 5.35. The summed E-state index contributed by atoms with van der Waals surface area (Å²) in [6.45, 7) is 0. The predicted octanol–water partition coefficient (Wildman–Crippen LogP) is 3.38. The molecule has 0 saturated carbocycles. The highest BCUT2D eigenvalue weighted by Crippen LogP contribution is 2.28. The summed E-state index contributed by atoms with van der Waals surface area (Å²) < 4.78 is 5.35. The Kier molecular flexibility index (Phi) is 4.36. The first kappa shape index (κ1) is 12.6. The van der Waals surface area contributed by atoms with E-state index in [0.717, 1.165) is 21.9 Å². The van der Waals surface area contributed by atoms with Crippen LogP contribution in [0, 0.1) is 0 Å². The molecule has 18 heavy (non-hydrogen) atoms. The van der Waals surface area contributed by atoms with Gasteiger partial charge in [-0.3, -0.25) is 0 Å². The van der Waals surface area contributed by atoms with Crippen LogP contribution in [0.1, 0.15) is 11.3 Å². The van der Waals surface area contributed by atoms with E-state index in [2.05, 4.69) is 22.1 Å². The zero-order valence-corrected chi connectivity index (χ0v) is 11.1. The molecule has 0 N–H and O–H groups in total. The van der Waals surface area contributed by atoms with Gasteiger partial charge in [0.1, 0.15) is 12.1 Å². The van der Waals surface area contributed by atoms with Crippen LogP contribution in [0.5, 0.6) is 5.75 Å². The molecule has 3 nitrogen and oxygen atoms in total. The van der Waals surface area contributed by atoms with E-state index in [1.54, 1.807) is 25.1 Å². The van der Waals surface area contributed by atoms with Crippen molar-refractivity contribution in [3.05, 3.63) is 48.0 Å². The Morgan fingerprint density at radius 1 is 1.22 bits per heavy atom. The van der Waals surface area contributed by atoms with Gasteiger partial charge in [0.15, 0.2) is 0 Å². The summed E-state index contributed by atoms with van der Waals surface area (Å²) in [5, 5.41) is 0. The number of aromatic nitrogens is 2. The standard InChI is InChI=1S/C14H14N2OS/c1-17-13-9-11(4-6-14(13)18-2)3-5-12-7-8-15-10-16-12/h3-10H,1-2H3/b5-3+. The van der Waals surface area contributed by atoms with Crippen molar-refractivity contribution in [3.63, 3.8) is 0 Å². The molecule has 2 aromatic rings. The summed E-state index contributed by atoms with van der Waals surface area (Å²) >= 11 is 1.67. The summed E-state index contributed by atoms with van der Waals surface area (Å²) in [5.41, 5.74) is 1.97. The molecule has 0 radical (unpaired) electrons. The molecule has 0 amide bonds. The van der Waals surface area contributed by atoms with E-state index in [0.29, 0.717) is 0 Å². The molecule has 1 heterocycles. The summed E-state index contributed by atoms with van der Waals surface area (Å²) in [7, 11) is 1.69. The van der Waals surface area contributed by atoms with Gasteiger partial charge in [-0.1, -0.05) is 12.1 Å². The fraction of sp³-hybridized carbons (Fsp3) is 0.143.